The van der Waals surface area contributed by atoms with Crippen LogP contribution in [0, 0.1) is 6.92 Å². The number of ether oxygens (including phenoxy) is 2. The van der Waals surface area contributed by atoms with Crippen molar-refractivity contribution in [3.05, 3.63) is 65.4 Å². The van der Waals surface area contributed by atoms with Crippen LogP contribution in [0.2, 0.25) is 5.02 Å². The maximum absolute atomic E-state index is 6.37. The van der Waals surface area contributed by atoms with Gasteiger partial charge in [0.25, 0.3) is 0 Å². The number of aromatic nitrogens is 3. The van der Waals surface area contributed by atoms with Gasteiger partial charge in [0.1, 0.15) is 11.5 Å². The minimum atomic E-state index is 0.547. The Kier molecular flexibility index (Phi) is 4.46. The molecule has 2 aromatic carbocycles. The molecule has 0 aliphatic rings. The standard InChI is InChI=1S/C21H18ClN3O2/c1-13-10-11-25-20(15-6-9-18(27-3)17(22)12-15)19(24-21(25)23-13)14-4-7-16(26-2)8-5-14/h4-12H,1-3H3. The summed E-state index contributed by atoms with van der Waals surface area (Å²) in [5.74, 6) is 2.07. The Morgan fingerprint density at radius 3 is 2.30 bits per heavy atom. The summed E-state index contributed by atoms with van der Waals surface area (Å²) in [6, 6.07) is 15.5. The van der Waals surface area contributed by atoms with Crippen molar-refractivity contribution in [1.29, 1.82) is 0 Å². The van der Waals surface area contributed by atoms with Gasteiger partial charge in [0, 0.05) is 23.0 Å². The number of nitrogens with zero attached hydrogens (tertiary/aromatic N) is 3. The molecule has 0 spiro atoms. The van der Waals surface area contributed by atoms with Crippen LogP contribution in [0.25, 0.3) is 28.3 Å². The number of hydrogen-bond acceptors (Lipinski definition) is 4. The van der Waals surface area contributed by atoms with E-state index in [1.807, 2.05) is 66.1 Å². The van der Waals surface area contributed by atoms with E-state index >= 15 is 0 Å². The second kappa shape index (κ2) is 6.93. The van der Waals surface area contributed by atoms with Gasteiger partial charge >= 0.3 is 0 Å². The van der Waals surface area contributed by atoms with Gasteiger partial charge < -0.3 is 9.47 Å². The predicted molar refractivity (Wildman–Crippen MR) is 107 cm³/mol. The third-order valence-electron chi connectivity index (χ3n) is 4.42. The van der Waals surface area contributed by atoms with E-state index in [4.69, 9.17) is 26.1 Å². The highest BCUT2D eigenvalue weighted by Gasteiger charge is 2.18. The summed E-state index contributed by atoms with van der Waals surface area (Å²) >= 11 is 6.37. The highest BCUT2D eigenvalue weighted by atomic mass is 35.5. The van der Waals surface area contributed by atoms with Gasteiger partial charge in [-0.15, -0.1) is 0 Å². The molecule has 27 heavy (non-hydrogen) atoms. The summed E-state index contributed by atoms with van der Waals surface area (Å²) in [6.07, 6.45) is 1.98. The van der Waals surface area contributed by atoms with Crippen molar-refractivity contribution in [3.8, 4) is 34.0 Å². The molecule has 136 valence electrons. The second-order valence-electron chi connectivity index (χ2n) is 6.13. The Hall–Kier alpha value is -3.05. The van der Waals surface area contributed by atoms with E-state index in [9.17, 15) is 0 Å². The Bertz CT molecular complexity index is 1120. The fourth-order valence-corrected chi connectivity index (χ4v) is 3.32. The number of fused-ring (bicyclic) bond motifs is 1. The van der Waals surface area contributed by atoms with Crippen molar-refractivity contribution >= 4 is 17.4 Å². The lowest BCUT2D eigenvalue weighted by molar-refractivity contribution is 0.415. The van der Waals surface area contributed by atoms with Crippen molar-refractivity contribution in [2.45, 2.75) is 6.92 Å². The molecule has 0 fully saturated rings. The monoisotopic (exact) mass is 379 g/mol. The van der Waals surface area contributed by atoms with E-state index < -0.39 is 0 Å². The summed E-state index contributed by atoms with van der Waals surface area (Å²) < 4.78 is 12.5. The van der Waals surface area contributed by atoms with E-state index in [-0.39, 0.29) is 0 Å². The van der Waals surface area contributed by atoms with Crippen molar-refractivity contribution < 1.29 is 9.47 Å². The lowest BCUT2D eigenvalue weighted by atomic mass is 10.0. The molecule has 4 rings (SSSR count). The first-order valence-corrected chi connectivity index (χ1v) is 8.82. The van der Waals surface area contributed by atoms with Crippen LogP contribution in [-0.4, -0.2) is 28.6 Å². The van der Waals surface area contributed by atoms with Crippen molar-refractivity contribution in [2.75, 3.05) is 14.2 Å². The molecule has 4 aromatic rings. The molecule has 0 bridgehead atoms. The molecule has 2 aromatic heterocycles. The fraction of sp³-hybridized carbons (Fsp3) is 0.143. The Morgan fingerprint density at radius 1 is 0.889 bits per heavy atom. The van der Waals surface area contributed by atoms with Crippen molar-refractivity contribution in [1.82, 2.24) is 14.4 Å². The van der Waals surface area contributed by atoms with Crippen molar-refractivity contribution in [2.24, 2.45) is 0 Å². The summed E-state index contributed by atoms with van der Waals surface area (Å²) in [6.45, 7) is 1.95. The number of rotatable bonds is 4. The number of benzene rings is 2. The zero-order valence-electron chi connectivity index (χ0n) is 15.2. The van der Waals surface area contributed by atoms with Gasteiger partial charge in [0.15, 0.2) is 0 Å². The molecular weight excluding hydrogens is 362 g/mol. The molecule has 2 heterocycles. The van der Waals surface area contributed by atoms with E-state index in [2.05, 4.69) is 4.98 Å². The van der Waals surface area contributed by atoms with Crippen LogP contribution in [0.3, 0.4) is 0 Å². The topological polar surface area (TPSA) is 48.7 Å². The van der Waals surface area contributed by atoms with Gasteiger partial charge in [0.05, 0.1) is 30.6 Å². The number of halogens is 1. The third-order valence-corrected chi connectivity index (χ3v) is 4.72. The molecule has 0 atom stereocenters. The van der Waals surface area contributed by atoms with Gasteiger partial charge in [-0.05, 0) is 55.5 Å². The lowest BCUT2D eigenvalue weighted by Gasteiger charge is -2.09. The first-order chi connectivity index (χ1) is 13.1. The molecule has 0 aliphatic heterocycles. The number of aryl methyl sites for hydroxylation is 1. The Labute approximate surface area is 162 Å². The smallest absolute Gasteiger partial charge is 0.235 e. The molecule has 0 radical (unpaired) electrons. The minimum Gasteiger partial charge on any atom is -0.497 e. The summed E-state index contributed by atoms with van der Waals surface area (Å²) in [5, 5.41) is 0.547. The minimum absolute atomic E-state index is 0.547. The molecule has 0 saturated heterocycles. The molecule has 6 heteroatoms. The zero-order valence-corrected chi connectivity index (χ0v) is 16.0. The highest BCUT2D eigenvalue weighted by molar-refractivity contribution is 6.32. The van der Waals surface area contributed by atoms with Gasteiger partial charge in [-0.2, -0.15) is 0 Å². The van der Waals surface area contributed by atoms with Crippen LogP contribution in [0.15, 0.2) is 54.7 Å². The quantitative estimate of drug-likeness (QED) is 0.498. The van der Waals surface area contributed by atoms with Gasteiger partial charge in [-0.1, -0.05) is 11.6 Å². The zero-order chi connectivity index (χ0) is 19.0. The SMILES string of the molecule is COc1ccc(-c2nc3nc(C)ccn3c2-c2ccc(OC)c(Cl)c2)cc1. The van der Waals surface area contributed by atoms with Crippen molar-refractivity contribution in [3.63, 3.8) is 0 Å². The fourth-order valence-electron chi connectivity index (χ4n) is 3.06. The molecule has 0 aliphatic carbocycles. The average Bonchev–Trinajstić information content (AvgIpc) is 3.06. The van der Waals surface area contributed by atoms with Crippen LogP contribution in [0.4, 0.5) is 0 Å². The maximum atomic E-state index is 6.37. The maximum Gasteiger partial charge on any atom is 0.235 e. The van der Waals surface area contributed by atoms with Crippen LogP contribution in [0.1, 0.15) is 5.69 Å². The van der Waals surface area contributed by atoms with Gasteiger partial charge in [-0.3, -0.25) is 4.40 Å². The average molecular weight is 380 g/mol. The highest BCUT2D eigenvalue weighted by Crippen LogP contribution is 2.36. The number of methoxy groups -OCH3 is 2. The summed E-state index contributed by atoms with van der Waals surface area (Å²) in [4.78, 5) is 9.35. The molecule has 0 N–H and O–H groups in total. The second-order valence-corrected chi connectivity index (χ2v) is 6.53. The third kappa shape index (κ3) is 3.11. The van der Waals surface area contributed by atoms with E-state index in [1.54, 1.807) is 14.2 Å². The van der Waals surface area contributed by atoms with E-state index in [0.29, 0.717) is 16.5 Å². The van der Waals surface area contributed by atoms with Gasteiger partial charge in [0.2, 0.25) is 5.78 Å². The molecular formula is C21H18ClN3O2. The summed E-state index contributed by atoms with van der Waals surface area (Å²) in [7, 11) is 3.25. The molecule has 0 saturated carbocycles. The van der Waals surface area contributed by atoms with Crippen LogP contribution in [-0.2, 0) is 0 Å². The summed E-state index contributed by atoms with van der Waals surface area (Å²) in [5.41, 5.74) is 4.57. The molecule has 0 unspecified atom stereocenters. The van der Waals surface area contributed by atoms with Crippen LogP contribution in [0.5, 0.6) is 11.5 Å². The lowest BCUT2D eigenvalue weighted by Crippen LogP contribution is -1.93. The Morgan fingerprint density at radius 2 is 1.63 bits per heavy atom. The van der Waals surface area contributed by atoms with E-state index in [0.717, 1.165) is 34.0 Å². The largest absolute Gasteiger partial charge is 0.497 e. The molecule has 0 amide bonds. The van der Waals surface area contributed by atoms with Crippen LogP contribution < -0.4 is 9.47 Å². The first kappa shape index (κ1) is 17.4. The van der Waals surface area contributed by atoms with Gasteiger partial charge in [-0.25, -0.2) is 9.97 Å². The number of imidazole rings is 1. The predicted octanol–water partition coefficient (Wildman–Crippen LogP) is 5.04. The van der Waals surface area contributed by atoms with Crippen LogP contribution >= 0.6 is 11.6 Å². The van der Waals surface area contributed by atoms with E-state index in [1.165, 1.54) is 0 Å². The molecule has 5 nitrogen and oxygen atoms in total. The number of hydrogen-bond donors (Lipinski definition) is 0. The normalized spacial score (nSPS) is 11.0. The Balaban J connectivity index is 1.97. The first-order valence-electron chi connectivity index (χ1n) is 8.44.